The zero-order chi connectivity index (χ0) is 14.8. The van der Waals surface area contributed by atoms with Gasteiger partial charge in [0.15, 0.2) is 0 Å². The van der Waals surface area contributed by atoms with Crippen LogP contribution in [0.4, 0.5) is 0 Å². The molecule has 0 fully saturated rings. The van der Waals surface area contributed by atoms with Crippen LogP contribution in [0.5, 0.6) is 5.75 Å². The molecule has 20 heavy (non-hydrogen) atoms. The summed E-state index contributed by atoms with van der Waals surface area (Å²) in [4.78, 5) is 0. The van der Waals surface area contributed by atoms with Gasteiger partial charge in [0.05, 0.1) is 25.5 Å². The van der Waals surface area contributed by atoms with Crippen LogP contribution in [0.25, 0.3) is 0 Å². The summed E-state index contributed by atoms with van der Waals surface area (Å²) in [5.74, 6) is 0.644. The van der Waals surface area contributed by atoms with Crippen molar-refractivity contribution in [2.45, 2.75) is 18.6 Å². The van der Waals surface area contributed by atoms with E-state index in [9.17, 15) is 13.5 Å². The zero-order valence-electron chi connectivity index (χ0n) is 11.5. The maximum atomic E-state index is 11.4. The summed E-state index contributed by atoms with van der Waals surface area (Å²) in [6.07, 6.45) is 0.946. The molecule has 0 amide bonds. The fourth-order valence-corrected chi connectivity index (χ4v) is 3.02. The SMILES string of the molecule is COCC(O)c1ccc2c(c1)C(NS(C)(=O)=O)CCO2. The van der Waals surface area contributed by atoms with Crippen LogP contribution in [0, 0.1) is 0 Å². The largest absolute Gasteiger partial charge is 0.493 e. The summed E-state index contributed by atoms with van der Waals surface area (Å²) >= 11 is 0. The van der Waals surface area contributed by atoms with Gasteiger partial charge in [0.25, 0.3) is 0 Å². The maximum Gasteiger partial charge on any atom is 0.209 e. The van der Waals surface area contributed by atoms with Gasteiger partial charge in [-0.15, -0.1) is 0 Å². The lowest BCUT2D eigenvalue weighted by Gasteiger charge is -2.27. The molecular weight excluding hydrogens is 282 g/mol. The highest BCUT2D eigenvalue weighted by atomic mass is 32.2. The van der Waals surface area contributed by atoms with Gasteiger partial charge in [0, 0.05) is 19.1 Å². The van der Waals surface area contributed by atoms with E-state index in [1.165, 1.54) is 7.11 Å². The predicted molar refractivity (Wildman–Crippen MR) is 74.1 cm³/mol. The maximum absolute atomic E-state index is 11.4. The minimum atomic E-state index is -3.30. The lowest BCUT2D eigenvalue weighted by atomic mass is 9.97. The molecule has 1 aliphatic rings. The number of hydrogen-bond acceptors (Lipinski definition) is 5. The van der Waals surface area contributed by atoms with Gasteiger partial charge in [-0.25, -0.2) is 13.1 Å². The second kappa shape index (κ2) is 6.09. The third-order valence-electron chi connectivity index (χ3n) is 3.14. The van der Waals surface area contributed by atoms with Crippen molar-refractivity contribution in [3.8, 4) is 5.75 Å². The highest BCUT2D eigenvalue weighted by molar-refractivity contribution is 7.88. The van der Waals surface area contributed by atoms with E-state index < -0.39 is 16.1 Å². The van der Waals surface area contributed by atoms with E-state index in [0.717, 1.165) is 11.8 Å². The Morgan fingerprint density at radius 1 is 1.55 bits per heavy atom. The summed E-state index contributed by atoms with van der Waals surface area (Å²) in [5, 5.41) is 9.94. The standard InChI is InChI=1S/C13H19NO5S/c1-18-8-12(15)9-3-4-13-10(7-9)11(5-6-19-13)14-20(2,16)17/h3-4,7,11-12,14-15H,5-6,8H2,1-2H3. The number of aliphatic hydroxyl groups excluding tert-OH is 1. The molecule has 1 heterocycles. The Hall–Kier alpha value is -1.15. The van der Waals surface area contributed by atoms with Crippen molar-refractivity contribution in [2.75, 3.05) is 26.6 Å². The van der Waals surface area contributed by atoms with Crippen LogP contribution in [0.15, 0.2) is 18.2 Å². The summed E-state index contributed by atoms with van der Waals surface area (Å²) in [5.41, 5.74) is 1.42. The number of ether oxygens (including phenoxy) is 2. The van der Waals surface area contributed by atoms with E-state index >= 15 is 0 Å². The quantitative estimate of drug-likeness (QED) is 0.838. The number of hydrogen-bond donors (Lipinski definition) is 2. The van der Waals surface area contributed by atoms with E-state index in [4.69, 9.17) is 9.47 Å². The molecule has 0 radical (unpaired) electrons. The van der Waals surface area contributed by atoms with E-state index in [1.807, 2.05) is 0 Å². The lowest BCUT2D eigenvalue weighted by molar-refractivity contribution is 0.0642. The predicted octanol–water partition coefficient (Wildman–Crippen LogP) is 0.739. The van der Waals surface area contributed by atoms with Crippen molar-refractivity contribution in [3.63, 3.8) is 0 Å². The Balaban J connectivity index is 2.31. The van der Waals surface area contributed by atoms with E-state index in [1.54, 1.807) is 18.2 Å². The number of methoxy groups -OCH3 is 1. The summed E-state index contributed by atoms with van der Waals surface area (Å²) < 4.78 is 35.8. The Bertz CT molecular complexity index is 572. The number of nitrogens with one attached hydrogen (secondary N) is 1. The Kier molecular flexibility index (Phi) is 4.64. The number of sulfonamides is 1. The van der Waals surface area contributed by atoms with Crippen molar-refractivity contribution < 1.29 is 23.0 Å². The second-order valence-corrected chi connectivity index (χ2v) is 6.63. The third-order valence-corrected chi connectivity index (χ3v) is 3.85. The van der Waals surface area contributed by atoms with Crippen molar-refractivity contribution >= 4 is 10.0 Å². The Morgan fingerprint density at radius 3 is 2.95 bits per heavy atom. The lowest BCUT2D eigenvalue weighted by Crippen LogP contribution is -2.31. The monoisotopic (exact) mass is 301 g/mol. The van der Waals surface area contributed by atoms with Crippen LogP contribution >= 0.6 is 0 Å². The first-order valence-electron chi connectivity index (χ1n) is 6.31. The van der Waals surface area contributed by atoms with Gasteiger partial charge < -0.3 is 14.6 Å². The zero-order valence-corrected chi connectivity index (χ0v) is 12.3. The fraction of sp³-hybridized carbons (Fsp3) is 0.538. The van der Waals surface area contributed by atoms with Gasteiger partial charge in [-0.2, -0.15) is 0 Å². The molecule has 1 aromatic rings. The molecule has 0 saturated carbocycles. The molecule has 0 spiro atoms. The first kappa shape index (κ1) is 15.2. The van der Waals surface area contributed by atoms with Crippen LogP contribution in [-0.2, 0) is 14.8 Å². The smallest absolute Gasteiger partial charge is 0.209 e. The molecule has 1 aliphatic heterocycles. The van der Waals surface area contributed by atoms with Gasteiger partial charge in [0.1, 0.15) is 11.9 Å². The molecular formula is C13H19NO5S. The molecule has 7 heteroatoms. The number of rotatable bonds is 5. The van der Waals surface area contributed by atoms with Crippen LogP contribution in [0.3, 0.4) is 0 Å². The molecule has 2 unspecified atom stereocenters. The number of fused-ring (bicyclic) bond motifs is 1. The van der Waals surface area contributed by atoms with Crippen molar-refractivity contribution in [1.29, 1.82) is 0 Å². The van der Waals surface area contributed by atoms with Crippen LogP contribution in [0.1, 0.15) is 29.7 Å². The fourth-order valence-electron chi connectivity index (χ4n) is 2.26. The Morgan fingerprint density at radius 2 is 2.30 bits per heavy atom. The summed E-state index contributed by atoms with van der Waals surface area (Å²) in [6.45, 7) is 0.643. The molecule has 2 rings (SSSR count). The molecule has 0 bridgehead atoms. The van der Waals surface area contributed by atoms with Crippen LogP contribution in [0.2, 0.25) is 0 Å². The minimum absolute atomic E-state index is 0.184. The molecule has 0 saturated heterocycles. The van der Waals surface area contributed by atoms with Gasteiger partial charge in [0.2, 0.25) is 10.0 Å². The van der Waals surface area contributed by atoms with E-state index in [-0.39, 0.29) is 12.6 Å². The van der Waals surface area contributed by atoms with Gasteiger partial charge in [-0.05, 0) is 17.7 Å². The van der Waals surface area contributed by atoms with Crippen molar-refractivity contribution in [3.05, 3.63) is 29.3 Å². The average Bonchev–Trinajstić information content (AvgIpc) is 2.37. The number of aliphatic hydroxyl groups is 1. The average molecular weight is 301 g/mol. The molecule has 6 nitrogen and oxygen atoms in total. The molecule has 2 N–H and O–H groups in total. The summed E-state index contributed by atoms with van der Waals surface area (Å²) in [7, 11) is -1.79. The van der Waals surface area contributed by atoms with E-state index in [0.29, 0.717) is 24.3 Å². The topological polar surface area (TPSA) is 84.9 Å². The van der Waals surface area contributed by atoms with Gasteiger partial charge in [-0.1, -0.05) is 6.07 Å². The minimum Gasteiger partial charge on any atom is -0.493 e. The highest BCUT2D eigenvalue weighted by Gasteiger charge is 2.25. The van der Waals surface area contributed by atoms with Crippen molar-refractivity contribution in [2.24, 2.45) is 0 Å². The highest BCUT2D eigenvalue weighted by Crippen LogP contribution is 2.34. The molecule has 1 aromatic carbocycles. The van der Waals surface area contributed by atoms with Crippen molar-refractivity contribution in [1.82, 2.24) is 4.72 Å². The van der Waals surface area contributed by atoms with Crippen LogP contribution < -0.4 is 9.46 Å². The second-order valence-electron chi connectivity index (χ2n) is 4.85. The van der Waals surface area contributed by atoms with Gasteiger partial charge in [-0.3, -0.25) is 0 Å². The molecule has 2 atom stereocenters. The Labute approximate surface area is 118 Å². The first-order chi connectivity index (χ1) is 9.40. The molecule has 0 aliphatic carbocycles. The normalized spacial score (nSPS) is 20.1. The summed E-state index contributed by atoms with van der Waals surface area (Å²) in [6, 6.07) is 4.94. The van der Waals surface area contributed by atoms with Gasteiger partial charge >= 0.3 is 0 Å². The first-order valence-corrected chi connectivity index (χ1v) is 8.21. The molecule has 112 valence electrons. The number of benzene rings is 1. The van der Waals surface area contributed by atoms with E-state index in [2.05, 4.69) is 4.72 Å². The third kappa shape index (κ3) is 3.69. The molecule has 0 aromatic heterocycles. The van der Waals surface area contributed by atoms with Crippen LogP contribution in [-0.4, -0.2) is 40.1 Å².